The van der Waals surface area contributed by atoms with E-state index in [9.17, 15) is 9.59 Å². The van der Waals surface area contributed by atoms with E-state index >= 15 is 0 Å². The summed E-state index contributed by atoms with van der Waals surface area (Å²) in [5.41, 5.74) is 4.99. The predicted octanol–water partition coefficient (Wildman–Crippen LogP) is 6.27. The van der Waals surface area contributed by atoms with Crippen LogP contribution in [-0.4, -0.2) is 18.8 Å². The van der Waals surface area contributed by atoms with E-state index in [1.165, 1.54) is 0 Å². The smallest absolute Gasteiger partial charge is 0.224 e. The Kier molecular flexibility index (Phi) is 5.88. The molecule has 1 heterocycles. The Hall–Kier alpha value is -3.57. The Morgan fingerprint density at radius 3 is 2.32 bits per heavy atom. The van der Waals surface area contributed by atoms with Gasteiger partial charge in [0.05, 0.1) is 24.5 Å². The molecular weight excluding hydrogens is 448 g/mol. The molecule has 3 aromatic carbocycles. The van der Waals surface area contributed by atoms with Crippen molar-refractivity contribution >= 4 is 34.7 Å². The lowest BCUT2D eigenvalue weighted by atomic mass is 9.78. The standard InChI is InChI=1S/C28H25ClN2O3/c1-17(32)31-25-6-4-3-5-23(25)30-24-15-20(18-9-13-22(34-2)14-10-18)16-26(33)27(24)28(31)19-7-11-21(29)12-8-19/h3-14,20,28,30H,15-16H2,1-2H3. The number of anilines is 2. The van der Waals surface area contributed by atoms with Crippen LogP contribution in [0, 0.1) is 0 Å². The van der Waals surface area contributed by atoms with Gasteiger partial charge in [-0.2, -0.15) is 0 Å². The van der Waals surface area contributed by atoms with Gasteiger partial charge in [-0.15, -0.1) is 0 Å². The molecule has 2 unspecified atom stereocenters. The van der Waals surface area contributed by atoms with Crippen molar-refractivity contribution in [2.45, 2.75) is 31.7 Å². The van der Waals surface area contributed by atoms with Gasteiger partial charge in [0.2, 0.25) is 5.91 Å². The highest BCUT2D eigenvalue weighted by atomic mass is 35.5. The number of rotatable bonds is 3. The van der Waals surface area contributed by atoms with Gasteiger partial charge >= 0.3 is 0 Å². The van der Waals surface area contributed by atoms with Crippen LogP contribution in [0.5, 0.6) is 5.75 Å². The summed E-state index contributed by atoms with van der Waals surface area (Å²) >= 11 is 6.16. The Morgan fingerprint density at radius 2 is 1.65 bits per heavy atom. The number of nitrogens with one attached hydrogen (secondary N) is 1. The number of ketones is 1. The lowest BCUT2D eigenvalue weighted by Gasteiger charge is -2.34. The second-order valence-corrected chi connectivity index (χ2v) is 9.12. The normalized spacial score (nSPS) is 19.6. The Balaban J connectivity index is 1.66. The zero-order valence-electron chi connectivity index (χ0n) is 19.0. The SMILES string of the molecule is COc1ccc(C2CC(=O)C3=C(C2)Nc2ccccc2N(C(C)=O)C3c2ccc(Cl)cc2)cc1. The minimum atomic E-state index is -0.537. The van der Waals surface area contributed by atoms with Gasteiger partial charge in [0.15, 0.2) is 5.78 Å². The number of hydrogen-bond acceptors (Lipinski definition) is 4. The van der Waals surface area contributed by atoms with Crippen LogP contribution < -0.4 is 15.0 Å². The van der Waals surface area contributed by atoms with Gasteiger partial charge in [-0.3, -0.25) is 14.5 Å². The van der Waals surface area contributed by atoms with Gasteiger partial charge in [-0.05, 0) is 59.9 Å². The number of benzene rings is 3. The summed E-state index contributed by atoms with van der Waals surface area (Å²) in [5, 5.41) is 4.13. The third-order valence-electron chi connectivity index (χ3n) is 6.60. The van der Waals surface area contributed by atoms with Crippen LogP contribution in [0.2, 0.25) is 5.02 Å². The van der Waals surface area contributed by atoms with Crippen LogP contribution >= 0.6 is 11.6 Å². The second-order valence-electron chi connectivity index (χ2n) is 8.68. The molecule has 1 amide bonds. The van der Waals surface area contributed by atoms with Crippen LogP contribution in [-0.2, 0) is 9.59 Å². The molecule has 0 fully saturated rings. The summed E-state index contributed by atoms with van der Waals surface area (Å²) in [5.74, 6) is 0.723. The fourth-order valence-electron chi connectivity index (χ4n) is 5.01. The maximum absolute atomic E-state index is 13.8. The van der Waals surface area contributed by atoms with Crippen LogP contribution in [0.3, 0.4) is 0 Å². The van der Waals surface area contributed by atoms with E-state index in [1.54, 1.807) is 31.1 Å². The molecule has 2 aliphatic rings. The molecule has 0 aromatic heterocycles. The molecule has 1 N–H and O–H groups in total. The van der Waals surface area contributed by atoms with E-state index in [0.717, 1.165) is 33.9 Å². The average molecular weight is 473 g/mol. The highest BCUT2D eigenvalue weighted by molar-refractivity contribution is 6.30. The van der Waals surface area contributed by atoms with E-state index in [4.69, 9.17) is 16.3 Å². The molecule has 172 valence electrons. The monoisotopic (exact) mass is 472 g/mol. The summed E-state index contributed by atoms with van der Waals surface area (Å²) < 4.78 is 5.29. The summed E-state index contributed by atoms with van der Waals surface area (Å²) in [6, 6.07) is 22.4. The van der Waals surface area contributed by atoms with E-state index in [-0.39, 0.29) is 17.6 Å². The molecule has 5 rings (SSSR count). The molecule has 1 aliphatic heterocycles. The Labute approximate surface area is 204 Å². The Morgan fingerprint density at radius 1 is 0.971 bits per heavy atom. The number of fused-ring (bicyclic) bond motifs is 1. The van der Waals surface area contributed by atoms with E-state index in [2.05, 4.69) is 5.32 Å². The first-order valence-electron chi connectivity index (χ1n) is 11.3. The number of methoxy groups -OCH3 is 1. The molecule has 34 heavy (non-hydrogen) atoms. The zero-order valence-corrected chi connectivity index (χ0v) is 19.8. The van der Waals surface area contributed by atoms with Crippen molar-refractivity contribution in [2.24, 2.45) is 0 Å². The first-order valence-corrected chi connectivity index (χ1v) is 11.7. The summed E-state index contributed by atoms with van der Waals surface area (Å²) in [7, 11) is 1.64. The topological polar surface area (TPSA) is 58.6 Å². The number of hydrogen-bond donors (Lipinski definition) is 1. The highest BCUT2D eigenvalue weighted by Crippen LogP contribution is 2.47. The summed E-state index contributed by atoms with van der Waals surface area (Å²) in [6.07, 6.45) is 1.04. The third-order valence-corrected chi connectivity index (χ3v) is 6.85. The minimum absolute atomic E-state index is 0.0339. The van der Waals surface area contributed by atoms with Gasteiger partial charge in [-0.25, -0.2) is 0 Å². The molecule has 0 bridgehead atoms. The first-order chi connectivity index (χ1) is 16.5. The van der Waals surface area contributed by atoms with E-state index < -0.39 is 6.04 Å². The van der Waals surface area contributed by atoms with Gasteiger partial charge < -0.3 is 10.1 Å². The molecule has 1 aliphatic carbocycles. The van der Waals surface area contributed by atoms with Crippen molar-refractivity contribution < 1.29 is 14.3 Å². The van der Waals surface area contributed by atoms with Gasteiger partial charge in [0.1, 0.15) is 5.75 Å². The molecule has 2 atom stereocenters. The fraction of sp³-hybridized carbons (Fsp3) is 0.214. The molecule has 0 saturated heterocycles. The molecule has 0 radical (unpaired) electrons. The van der Waals surface area contributed by atoms with Crippen molar-refractivity contribution in [1.29, 1.82) is 0 Å². The van der Waals surface area contributed by atoms with Crippen molar-refractivity contribution in [2.75, 3.05) is 17.3 Å². The summed E-state index contributed by atoms with van der Waals surface area (Å²) in [6.45, 7) is 1.54. The number of allylic oxidation sites excluding steroid dienone is 1. The second kappa shape index (κ2) is 8.99. The zero-order chi connectivity index (χ0) is 23.8. The lowest BCUT2D eigenvalue weighted by molar-refractivity contribution is -0.117. The highest BCUT2D eigenvalue weighted by Gasteiger charge is 2.40. The van der Waals surface area contributed by atoms with Crippen LogP contribution in [0.25, 0.3) is 0 Å². The third kappa shape index (κ3) is 3.97. The van der Waals surface area contributed by atoms with E-state index in [0.29, 0.717) is 23.4 Å². The Bertz CT molecular complexity index is 1280. The van der Waals surface area contributed by atoms with Crippen molar-refractivity contribution in [3.05, 3.63) is 100 Å². The summed E-state index contributed by atoms with van der Waals surface area (Å²) in [4.78, 5) is 28.5. The number of Topliss-reactive ketones (excluding diaryl/α,β-unsaturated/α-hetero) is 1. The van der Waals surface area contributed by atoms with Gasteiger partial charge in [0.25, 0.3) is 0 Å². The molecule has 3 aromatic rings. The molecule has 6 heteroatoms. The van der Waals surface area contributed by atoms with Crippen molar-refractivity contribution in [3.63, 3.8) is 0 Å². The van der Waals surface area contributed by atoms with Gasteiger partial charge in [-0.1, -0.05) is 48.0 Å². The number of carbonyl (C=O) groups is 2. The number of carbonyl (C=O) groups excluding carboxylic acids is 2. The van der Waals surface area contributed by atoms with Crippen molar-refractivity contribution in [1.82, 2.24) is 0 Å². The number of amides is 1. The lowest BCUT2D eigenvalue weighted by Crippen LogP contribution is -2.37. The van der Waals surface area contributed by atoms with Crippen LogP contribution in [0.1, 0.15) is 42.9 Å². The maximum Gasteiger partial charge on any atom is 0.224 e. The number of halogens is 1. The maximum atomic E-state index is 13.8. The van der Waals surface area contributed by atoms with E-state index in [1.807, 2.05) is 60.7 Å². The fourth-order valence-corrected chi connectivity index (χ4v) is 5.14. The number of nitrogens with zero attached hydrogens (tertiary/aromatic N) is 1. The average Bonchev–Trinajstić information content (AvgIpc) is 2.99. The molecule has 0 spiro atoms. The predicted molar refractivity (Wildman–Crippen MR) is 134 cm³/mol. The number of ether oxygens (including phenoxy) is 1. The molecule has 5 nitrogen and oxygen atoms in total. The minimum Gasteiger partial charge on any atom is -0.497 e. The van der Waals surface area contributed by atoms with Crippen molar-refractivity contribution in [3.8, 4) is 5.75 Å². The van der Waals surface area contributed by atoms with Gasteiger partial charge in [0, 0.05) is 29.6 Å². The largest absolute Gasteiger partial charge is 0.497 e. The van der Waals surface area contributed by atoms with Crippen LogP contribution in [0.15, 0.2) is 84.1 Å². The first kappa shape index (κ1) is 22.2. The number of para-hydroxylation sites is 2. The molecule has 0 saturated carbocycles. The quantitative estimate of drug-likeness (QED) is 0.488. The van der Waals surface area contributed by atoms with Crippen LogP contribution in [0.4, 0.5) is 11.4 Å². The molecular formula is C28H25ClN2O3.